The quantitative estimate of drug-likeness (QED) is 0.724. The summed E-state index contributed by atoms with van der Waals surface area (Å²) in [6.45, 7) is 9.85. The van der Waals surface area contributed by atoms with Crippen LogP contribution in [0.25, 0.3) is 0 Å². The van der Waals surface area contributed by atoms with E-state index < -0.39 is 0 Å². The predicted octanol–water partition coefficient (Wildman–Crippen LogP) is 2.66. The molecule has 17 heavy (non-hydrogen) atoms. The van der Waals surface area contributed by atoms with Crippen molar-refractivity contribution in [2.45, 2.75) is 46.2 Å². The Kier molecular flexibility index (Phi) is 6.70. The highest BCUT2D eigenvalue weighted by Crippen LogP contribution is 2.16. The van der Waals surface area contributed by atoms with Crippen molar-refractivity contribution in [1.82, 2.24) is 15.2 Å². The van der Waals surface area contributed by atoms with E-state index in [4.69, 9.17) is 0 Å². The Hall–Kier alpha value is -0.450. The van der Waals surface area contributed by atoms with Gasteiger partial charge in [0.05, 0.1) is 11.2 Å². The molecule has 0 aliphatic rings. The molecule has 1 N–H and O–H groups in total. The van der Waals surface area contributed by atoms with E-state index in [9.17, 15) is 0 Å². The summed E-state index contributed by atoms with van der Waals surface area (Å²) in [6.07, 6.45) is 2.42. The van der Waals surface area contributed by atoms with E-state index >= 15 is 0 Å². The van der Waals surface area contributed by atoms with E-state index in [-0.39, 0.29) is 0 Å². The Balaban J connectivity index is 2.27. The van der Waals surface area contributed by atoms with Crippen molar-refractivity contribution in [1.29, 1.82) is 0 Å². The van der Waals surface area contributed by atoms with Crippen LogP contribution in [0.15, 0.2) is 5.51 Å². The van der Waals surface area contributed by atoms with Crippen LogP contribution < -0.4 is 5.32 Å². The minimum absolute atomic E-state index is 0.612. The molecular formula is C13H25N3S. The van der Waals surface area contributed by atoms with Gasteiger partial charge in [0.15, 0.2) is 0 Å². The van der Waals surface area contributed by atoms with Gasteiger partial charge in [0.25, 0.3) is 0 Å². The molecule has 0 saturated carbocycles. The Bertz CT molecular complexity index is 311. The fourth-order valence-corrected chi connectivity index (χ4v) is 2.53. The summed E-state index contributed by atoms with van der Waals surface area (Å²) in [6, 6.07) is 0.612. The molecule has 0 bridgehead atoms. The average Bonchev–Trinajstić information content (AvgIpc) is 2.70. The molecule has 1 atom stereocenters. The second-order valence-corrected chi connectivity index (χ2v) is 5.60. The summed E-state index contributed by atoms with van der Waals surface area (Å²) in [7, 11) is 2.20. The van der Waals surface area contributed by atoms with Gasteiger partial charge in [0, 0.05) is 17.5 Å². The number of nitrogens with zero attached hydrogens (tertiary/aromatic N) is 2. The van der Waals surface area contributed by atoms with Crippen LogP contribution in [-0.2, 0) is 6.54 Å². The first kappa shape index (κ1) is 14.6. The zero-order valence-electron chi connectivity index (χ0n) is 11.5. The molecule has 1 unspecified atom stereocenters. The Labute approximate surface area is 109 Å². The number of hydrogen-bond acceptors (Lipinski definition) is 4. The van der Waals surface area contributed by atoms with Gasteiger partial charge >= 0.3 is 0 Å². The highest BCUT2D eigenvalue weighted by molar-refractivity contribution is 7.09. The molecule has 0 aromatic carbocycles. The maximum Gasteiger partial charge on any atom is 0.0798 e. The van der Waals surface area contributed by atoms with Gasteiger partial charge in [0.1, 0.15) is 0 Å². The van der Waals surface area contributed by atoms with Gasteiger partial charge in [-0.1, -0.05) is 6.92 Å². The molecule has 0 aliphatic carbocycles. The van der Waals surface area contributed by atoms with E-state index in [2.05, 4.69) is 43.0 Å². The summed E-state index contributed by atoms with van der Waals surface area (Å²) < 4.78 is 0. The molecule has 4 heteroatoms. The third-order valence-corrected chi connectivity index (χ3v) is 4.08. The smallest absolute Gasteiger partial charge is 0.0798 e. The predicted molar refractivity (Wildman–Crippen MR) is 75.6 cm³/mol. The van der Waals surface area contributed by atoms with Crippen LogP contribution in [-0.4, -0.2) is 36.1 Å². The normalized spacial score (nSPS) is 13.2. The number of rotatable bonds is 8. The third kappa shape index (κ3) is 5.15. The van der Waals surface area contributed by atoms with E-state index in [1.54, 1.807) is 11.3 Å². The average molecular weight is 255 g/mol. The fourth-order valence-electron chi connectivity index (χ4n) is 1.69. The lowest BCUT2D eigenvalue weighted by molar-refractivity contribution is 0.238. The van der Waals surface area contributed by atoms with Crippen molar-refractivity contribution in [2.75, 3.05) is 20.1 Å². The topological polar surface area (TPSA) is 28.2 Å². The number of aromatic nitrogens is 1. The fraction of sp³-hybridized carbons (Fsp3) is 0.769. The molecule has 0 spiro atoms. The minimum atomic E-state index is 0.612. The van der Waals surface area contributed by atoms with Gasteiger partial charge < -0.3 is 5.32 Å². The molecule has 1 heterocycles. The second kappa shape index (κ2) is 7.80. The molecule has 0 radical (unpaired) electrons. The number of thiazole rings is 1. The van der Waals surface area contributed by atoms with Gasteiger partial charge in [-0.05, 0) is 46.8 Å². The number of hydrogen-bond donors (Lipinski definition) is 1. The van der Waals surface area contributed by atoms with Crippen molar-refractivity contribution < 1.29 is 0 Å². The molecule has 0 amide bonds. The zero-order chi connectivity index (χ0) is 12.7. The second-order valence-electron chi connectivity index (χ2n) is 4.66. The Morgan fingerprint density at radius 2 is 2.24 bits per heavy atom. The number of aryl methyl sites for hydroxylation is 1. The van der Waals surface area contributed by atoms with Crippen LogP contribution >= 0.6 is 11.3 Å². The third-order valence-electron chi connectivity index (χ3n) is 3.16. The van der Waals surface area contributed by atoms with Gasteiger partial charge in [-0.3, -0.25) is 4.90 Å². The van der Waals surface area contributed by atoms with Crippen LogP contribution in [0.5, 0.6) is 0 Å². The van der Waals surface area contributed by atoms with E-state index in [0.717, 1.165) is 19.6 Å². The highest BCUT2D eigenvalue weighted by atomic mass is 32.1. The summed E-state index contributed by atoms with van der Waals surface area (Å²) in [5.74, 6) is 0. The van der Waals surface area contributed by atoms with Crippen molar-refractivity contribution in [3.05, 3.63) is 16.1 Å². The molecule has 1 aromatic rings. The molecule has 0 aliphatic heterocycles. The first-order valence-corrected chi connectivity index (χ1v) is 7.33. The summed E-state index contributed by atoms with van der Waals surface area (Å²) in [5.41, 5.74) is 3.12. The zero-order valence-corrected chi connectivity index (χ0v) is 12.3. The van der Waals surface area contributed by atoms with Crippen molar-refractivity contribution in [2.24, 2.45) is 0 Å². The van der Waals surface area contributed by atoms with E-state index in [1.807, 2.05) is 5.51 Å². The summed E-state index contributed by atoms with van der Waals surface area (Å²) in [4.78, 5) is 8.10. The number of nitrogens with one attached hydrogen (secondary N) is 1. The van der Waals surface area contributed by atoms with Gasteiger partial charge in [-0.15, -0.1) is 11.3 Å². The molecule has 3 nitrogen and oxygen atoms in total. The molecular weight excluding hydrogens is 230 g/mol. The van der Waals surface area contributed by atoms with Gasteiger partial charge in [-0.25, -0.2) is 4.98 Å². The minimum Gasteiger partial charge on any atom is -0.317 e. The standard InChI is InChI=1S/C13H25N3S/c1-5-7-14-8-6-11(2)16(4)9-13-12(3)15-10-17-13/h10-11,14H,5-9H2,1-4H3. The van der Waals surface area contributed by atoms with Crippen molar-refractivity contribution in [3.8, 4) is 0 Å². The molecule has 1 rings (SSSR count). The van der Waals surface area contributed by atoms with Crippen LogP contribution in [0.2, 0.25) is 0 Å². The maximum absolute atomic E-state index is 4.30. The lowest BCUT2D eigenvalue weighted by Crippen LogP contribution is -2.32. The van der Waals surface area contributed by atoms with E-state index in [1.165, 1.54) is 23.4 Å². The molecule has 98 valence electrons. The Morgan fingerprint density at radius 3 is 2.82 bits per heavy atom. The summed E-state index contributed by atoms with van der Waals surface area (Å²) >= 11 is 1.76. The lowest BCUT2D eigenvalue weighted by Gasteiger charge is -2.24. The SMILES string of the molecule is CCCNCCC(C)N(C)Cc1scnc1C. The van der Waals surface area contributed by atoms with E-state index in [0.29, 0.717) is 6.04 Å². The molecule has 0 fully saturated rings. The monoisotopic (exact) mass is 255 g/mol. The van der Waals surface area contributed by atoms with Crippen LogP contribution in [0.4, 0.5) is 0 Å². The van der Waals surface area contributed by atoms with Crippen LogP contribution in [0.1, 0.15) is 37.3 Å². The molecule has 0 saturated heterocycles. The Morgan fingerprint density at radius 1 is 1.47 bits per heavy atom. The van der Waals surface area contributed by atoms with Crippen LogP contribution in [0, 0.1) is 6.92 Å². The first-order valence-electron chi connectivity index (χ1n) is 6.45. The largest absolute Gasteiger partial charge is 0.317 e. The van der Waals surface area contributed by atoms with Crippen molar-refractivity contribution in [3.63, 3.8) is 0 Å². The van der Waals surface area contributed by atoms with Gasteiger partial charge in [-0.2, -0.15) is 0 Å². The lowest BCUT2D eigenvalue weighted by atomic mass is 10.2. The van der Waals surface area contributed by atoms with Crippen LogP contribution in [0.3, 0.4) is 0 Å². The highest BCUT2D eigenvalue weighted by Gasteiger charge is 2.11. The maximum atomic E-state index is 4.30. The van der Waals surface area contributed by atoms with Gasteiger partial charge in [0.2, 0.25) is 0 Å². The van der Waals surface area contributed by atoms with Crippen molar-refractivity contribution >= 4 is 11.3 Å². The first-order chi connectivity index (χ1) is 8.15. The molecule has 1 aromatic heterocycles. The summed E-state index contributed by atoms with van der Waals surface area (Å²) in [5, 5.41) is 3.45.